The molecule has 0 bridgehead atoms. The van der Waals surface area contributed by atoms with Crippen LogP contribution in [0.3, 0.4) is 0 Å². The molecule has 0 aliphatic carbocycles. The zero-order valence-corrected chi connectivity index (χ0v) is 15.7. The molecule has 0 spiro atoms. The summed E-state index contributed by atoms with van der Waals surface area (Å²) in [6.07, 6.45) is 0. The summed E-state index contributed by atoms with van der Waals surface area (Å²) in [5.41, 5.74) is 3.11. The molecule has 1 fully saturated rings. The number of nitrogens with zero attached hydrogens (tertiary/aromatic N) is 4. The summed E-state index contributed by atoms with van der Waals surface area (Å²) in [7, 11) is 3.51. The smallest absolute Gasteiger partial charge is 0.236 e. The van der Waals surface area contributed by atoms with Gasteiger partial charge in [0, 0.05) is 31.9 Å². The topological polar surface area (TPSA) is 50.6 Å². The van der Waals surface area contributed by atoms with Crippen molar-refractivity contribution in [1.82, 2.24) is 19.6 Å². The van der Waals surface area contributed by atoms with Crippen molar-refractivity contribution in [2.24, 2.45) is 0 Å². The van der Waals surface area contributed by atoms with Gasteiger partial charge < -0.3 is 9.64 Å². The Morgan fingerprint density at radius 2 is 2.08 bits per heavy atom. The van der Waals surface area contributed by atoms with Crippen LogP contribution in [0.2, 0.25) is 0 Å². The summed E-state index contributed by atoms with van der Waals surface area (Å²) >= 11 is 0. The molecule has 0 N–H and O–H groups in total. The third-order valence-electron chi connectivity index (χ3n) is 4.84. The summed E-state index contributed by atoms with van der Waals surface area (Å²) in [5.74, 6) is -0.266. The zero-order chi connectivity index (χ0) is 18.8. The number of para-hydroxylation sites is 1. The van der Waals surface area contributed by atoms with Crippen LogP contribution in [0.5, 0.6) is 0 Å². The van der Waals surface area contributed by atoms with Crippen molar-refractivity contribution in [3.05, 3.63) is 47.0 Å². The lowest BCUT2D eigenvalue weighted by molar-refractivity contribution is -0.132. The molecule has 26 heavy (non-hydrogen) atoms. The van der Waals surface area contributed by atoms with E-state index in [9.17, 15) is 9.18 Å². The van der Waals surface area contributed by atoms with Gasteiger partial charge in [-0.1, -0.05) is 12.1 Å². The first-order valence-corrected chi connectivity index (χ1v) is 8.73. The summed E-state index contributed by atoms with van der Waals surface area (Å²) in [6.45, 7) is 5.93. The predicted octanol–water partition coefficient (Wildman–Crippen LogP) is 2.09. The Labute approximate surface area is 153 Å². The van der Waals surface area contributed by atoms with Gasteiger partial charge in [0.1, 0.15) is 11.5 Å². The van der Waals surface area contributed by atoms with E-state index in [0.29, 0.717) is 32.0 Å². The minimum absolute atomic E-state index is 0.0497. The van der Waals surface area contributed by atoms with E-state index in [-0.39, 0.29) is 17.8 Å². The van der Waals surface area contributed by atoms with E-state index in [1.54, 1.807) is 41.9 Å². The molecule has 1 aromatic carbocycles. The summed E-state index contributed by atoms with van der Waals surface area (Å²) in [5, 5.41) is 4.56. The highest BCUT2D eigenvalue weighted by Gasteiger charge is 2.31. The molecular formula is C19H25FN4O2. The summed E-state index contributed by atoms with van der Waals surface area (Å²) in [4.78, 5) is 15.9. The number of aryl methyl sites for hydroxylation is 1. The summed E-state index contributed by atoms with van der Waals surface area (Å²) < 4.78 is 21.5. The van der Waals surface area contributed by atoms with Crippen molar-refractivity contribution in [1.29, 1.82) is 0 Å². The molecule has 3 rings (SSSR count). The van der Waals surface area contributed by atoms with E-state index in [2.05, 4.69) is 10.00 Å². The Morgan fingerprint density at radius 1 is 1.35 bits per heavy atom. The van der Waals surface area contributed by atoms with Crippen LogP contribution in [0.4, 0.5) is 4.39 Å². The Bertz CT molecular complexity index is 803. The Hall–Kier alpha value is -2.25. The Balaban J connectivity index is 1.97. The second-order valence-electron chi connectivity index (χ2n) is 6.80. The number of likely N-dealkylation sites (N-methyl/N-ethyl adjacent to an activating group) is 1. The number of benzene rings is 1. The number of carbonyl (C=O) groups is 1. The van der Waals surface area contributed by atoms with Crippen molar-refractivity contribution in [2.45, 2.75) is 19.9 Å². The monoisotopic (exact) mass is 360 g/mol. The van der Waals surface area contributed by atoms with Crippen molar-refractivity contribution >= 4 is 5.91 Å². The molecule has 0 radical (unpaired) electrons. The molecule has 2 aromatic rings. The minimum Gasteiger partial charge on any atom is -0.378 e. The molecule has 0 saturated carbocycles. The normalized spacial score (nSPS) is 18.1. The second-order valence-corrected chi connectivity index (χ2v) is 6.80. The fourth-order valence-electron chi connectivity index (χ4n) is 3.40. The fraction of sp³-hybridized carbons (Fsp3) is 0.474. The van der Waals surface area contributed by atoms with Gasteiger partial charge in [-0.2, -0.15) is 5.10 Å². The molecule has 1 aliphatic heterocycles. The van der Waals surface area contributed by atoms with Crippen molar-refractivity contribution in [2.75, 3.05) is 40.4 Å². The third-order valence-corrected chi connectivity index (χ3v) is 4.84. The van der Waals surface area contributed by atoms with Crippen LogP contribution in [0.15, 0.2) is 24.3 Å². The average molecular weight is 360 g/mol. The van der Waals surface area contributed by atoms with Crippen LogP contribution in [0.1, 0.15) is 23.0 Å². The number of hydrogen-bond donors (Lipinski definition) is 0. The quantitative estimate of drug-likeness (QED) is 0.838. The van der Waals surface area contributed by atoms with Gasteiger partial charge in [-0.3, -0.25) is 9.69 Å². The number of aromatic nitrogens is 2. The second kappa shape index (κ2) is 7.55. The standard InChI is InChI=1S/C19H25FN4O2/c1-13-19(14(2)24(21-13)16-8-6-5-7-15(16)20)17-12-26-10-9-23(17)11-18(25)22(3)4/h5-8,17H,9-12H2,1-4H3/t17-/m0/s1. The van der Waals surface area contributed by atoms with Crippen LogP contribution >= 0.6 is 0 Å². The zero-order valence-electron chi connectivity index (χ0n) is 15.7. The first kappa shape index (κ1) is 18.5. The number of hydrogen-bond acceptors (Lipinski definition) is 4. The van der Waals surface area contributed by atoms with Crippen molar-refractivity contribution in [3.63, 3.8) is 0 Å². The minimum atomic E-state index is -0.316. The lowest BCUT2D eigenvalue weighted by atomic mass is 10.0. The fourth-order valence-corrected chi connectivity index (χ4v) is 3.40. The molecule has 2 heterocycles. The van der Waals surface area contributed by atoms with Gasteiger partial charge in [0.05, 0.1) is 31.5 Å². The predicted molar refractivity (Wildman–Crippen MR) is 96.8 cm³/mol. The van der Waals surface area contributed by atoms with Crippen LogP contribution in [0.25, 0.3) is 5.69 Å². The maximum absolute atomic E-state index is 14.2. The highest BCUT2D eigenvalue weighted by Crippen LogP contribution is 2.31. The van der Waals surface area contributed by atoms with E-state index in [4.69, 9.17) is 4.74 Å². The maximum Gasteiger partial charge on any atom is 0.236 e. The van der Waals surface area contributed by atoms with Crippen LogP contribution in [-0.2, 0) is 9.53 Å². The number of ether oxygens (including phenoxy) is 1. The first-order chi connectivity index (χ1) is 12.4. The van der Waals surface area contributed by atoms with E-state index in [0.717, 1.165) is 17.0 Å². The molecule has 1 aromatic heterocycles. The van der Waals surface area contributed by atoms with Gasteiger partial charge in [-0.25, -0.2) is 9.07 Å². The maximum atomic E-state index is 14.2. The van der Waals surface area contributed by atoms with Gasteiger partial charge in [0.15, 0.2) is 0 Å². The van der Waals surface area contributed by atoms with Crippen LogP contribution in [-0.4, -0.2) is 65.9 Å². The number of rotatable bonds is 4. The summed E-state index contributed by atoms with van der Waals surface area (Å²) in [6, 6.07) is 6.52. The van der Waals surface area contributed by atoms with E-state index < -0.39 is 0 Å². The molecule has 140 valence electrons. The molecule has 6 nitrogen and oxygen atoms in total. The van der Waals surface area contributed by atoms with Crippen molar-refractivity contribution in [3.8, 4) is 5.69 Å². The van der Waals surface area contributed by atoms with Crippen LogP contribution < -0.4 is 0 Å². The van der Waals surface area contributed by atoms with Gasteiger partial charge in [0.2, 0.25) is 5.91 Å². The first-order valence-electron chi connectivity index (χ1n) is 8.73. The van der Waals surface area contributed by atoms with Gasteiger partial charge in [-0.15, -0.1) is 0 Å². The van der Waals surface area contributed by atoms with E-state index in [1.165, 1.54) is 6.07 Å². The lowest BCUT2D eigenvalue weighted by Gasteiger charge is -2.36. The lowest BCUT2D eigenvalue weighted by Crippen LogP contribution is -2.45. The van der Waals surface area contributed by atoms with Gasteiger partial charge in [-0.05, 0) is 26.0 Å². The van der Waals surface area contributed by atoms with E-state index in [1.807, 2.05) is 13.8 Å². The molecule has 0 unspecified atom stereocenters. The Kier molecular flexibility index (Phi) is 5.38. The number of morpholine rings is 1. The average Bonchev–Trinajstić information content (AvgIpc) is 2.90. The van der Waals surface area contributed by atoms with Crippen molar-refractivity contribution < 1.29 is 13.9 Å². The SMILES string of the molecule is Cc1nn(-c2ccccc2F)c(C)c1[C@@H]1COCCN1CC(=O)N(C)C. The molecular weight excluding hydrogens is 335 g/mol. The Morgan fingerprint density at radius 3 is 2.77 bits per heavy atom. The number of carbonyl (C=O) groups excluding carboxylic acids is 1. The molecule has 7 heteroatoms. The molecule has 1 aliphatic rings. The molecule has 1 atom stereocenters. The highest BCUT2D eigenvalue weighted by molar-refractivity contribution is 5.77. The van der Waals surface area contributed by atoms with Crippen LogP contribution in [0, 0.1) is 19.7 Å². The molecule has 1 amide bonds. The van der Waals surface area contributed by atoms with E-state index >= 15 is 0 Å². The number of halogens is 1. The van der Waals surface area contributed by atoms with Gasteiger partial charge >= 0.3 is 0 Å². The number of amides is 1. The highest BCUT2D eigenvalue weighted by atomic mass is 19.1. The largest absolute Gasteiger partial charge is 0.378 e. The molecule has 1 saturated heterocycles. The van der Waals surface area contributed by atoms with Gasteiger partial charge in [0.25, 0.3) is 0 Å². The third kappa shape index (κ3) is 3.50.